The van der Waals surface area contributed by atoms with Gasteiger partial charge >= 0.3 is 0 Å². The topological polar surface area (TPSA) is 74.3 Å². The highest BCUT2D eigenvalue weighted by atomic mass is 35.5. The van der Waals surface area contributed by atoms with Crippen molar-refractivity contribution in [3.8, 4) is 0 Å². The summed E-state index contributed by atoms with van der Waals surface area (Å²) in [5.74, 6) is 0.0638. The maximum absolute atomic E-state index is 13.0. The number of nitrogens with zero attached hydrogens (tertiary/aromatic N) is 2. The van der Waals surface area contributed by atoms with Crippen LogP contribution in [0.4, 0.5) is 5.69 Å². The molecule has 0 spiro atoms. The molecule has 0 bridgehead atoms. The summed E-state index contributed by atoms with van der Waals surface area (Å²) in [5.41, 5.74) is 5.46. The Morgan fingerprint density at radius 3 is 2.50 bits per heavy atom. The molecule has 0 saturated carbocycles. The van der Waals surface area contributed by atoms with Gasteiger partial charge in [0.1, 0.15) is 0 Å². The van der Waals surface area contributed by atoms with Crippen molar-refractivity contribution in [2.24, 2.45) is 0 Å². The molecule has 40 heavy (non-hydrogen) atoms. The van der Waals surface area contributed by atoms with Crippen LogP contribution in [0.15, 0.2) is 72.8 Å². The molecule has 2 N–H and O–H groups in total. The van der Waals surface area contributed by atoms with E-state index in [1.807, 2.05) is 72.8 Å². The lowest BCUT2D eigenvalue weighted by molar-refractivity contribution is -0.114. The maximum atomic E-state index is 13.0. The third-order valence-electron chi connectivity index (χ3n) is 7.50. The van der Waals surface area contributed by atoms with Crippen LogP contribution in [0.3, 0.4) is 0 Å². The number of carbonyl (C=O) groups is 2. The minimum Gasteiger partial charge on any atom is -0.325 e. The molecule has 1 aromatic heterocycles. The van der Waals surface area contributed by atoms with Crippen LogP contribution in [0.25, 0.3) is 10.9 Å². The molecule has 2 atom stereocenters. The molecule has 0 fully saturated rings. The second-order valence-corrected chi connectivity index (χ2v) is 11.1. The van der Waals surface area contributed by atoms with Crippen LogP contribution in [0, 0.1) is 0 Å². The van der Waals surface area contributed by atoms with Crippen molar-refractivity contribution in [3.05, 3.63) is 105 Å². The van der Waals surface area contributed by atoms with Crippen molar-refractivity contribution in [2.75, 3.05) is 18.4 Å². The Bertz CT molecular complexity index is 1540. The first-order valence-electron chi connectivity index (χ1n) is 13.5. The molecule has 6 nitrogen and oxygen atoms in total. The Hall–Kier alpha value is -3.29. The predicted molar refractivity (Wildman–Crippen MR) is 162 cm³/mol. The Labute approximate surface area is 244 Å². The molecule has 4 aromatic rings. The zero-order valence-electron chi connectivity index (χ0n) is 22.6. The fraction of sp³-hybridized carbons (Fsp3) is 0.281. The van der Waals surface area contributed by atoms with Gasteiger partial charge in [-0.05, 0) is 36.1 Å². The van der Waals surface area contributed by atoms with Crippen molar-refractivity contribution < 1.29 is 9.59 Å². The lowest BCUT2D eigenvalue weighted by Crippen LogP contribution is -2.50. The minimum absolute atomic E-state index is 0.0387. The third kappa shape index (κ3) is 6.37. The van der Waals surface area contributed by atoms with Crippen molar-refractivity contribution in [2.45, 2.75) is 45.3 Å². The number of halogens is 2. The van der Waals surface area contributed by atoms with Gasteiger partial charge in [0, 0.05) is 48.6 Å². The summed E-state index contributed by atoms with van der Waals surface area (Å²) < 4.78 is 0. The normalized spacial score (nSPS) is 14.9. The van der Waals surface area contributed by atoms with Crippen LogP contribution >= 0.6 is 23.2 Å². The van der Waals surface area contributed by atoms with Crippen molar-refractivity contribution >= 4 is 51.5 Å². The second kappa shape index (κ2) is 12.5. The molecule has 1 aliphatic heterocycles. The highest BCUT2D eigenvalue weighted by molar-refractivity contribution is 6.42. The van der Waals surface area contributed by atoms with E-state index >= 15 is 0 Å². The van der Waals surface area contributed by atoms with Gasteiger partial charge in [0.25, 0.3) is 0 Å². The second-order valence-electron chi connectivity index (χ2n) is 10.3. The number of Topliss-reactive ketones (excluding diaryl/α,β-unsaturated/α-hetero) is 1. The number of rotatable bonds is 9. The number of nitrogens with one attached hydrogen (secondary N) is 2. The summed E-state index contributed by atoms with van der Waals surface area (Å²) in [7, 11) is 0. The molecule has 0 radical (unpaired) electrons. The van der Waals surface area contributed by atoms with E-state index < -0.39 is 0 Å². The predicted octanol–water partition coefficient (Wildman–Crippen LogP) is 6.85. The van der Waals surface area contributed by atoms with E-state index in [9.17, 15) is 9.59 Å². The molecule has 1 aliphatic rings. The molecule has 8 heteroatoms. The van der Waals surface area contributed by atoms with Gasteiger partial charge < -0.3 is 5.32 Å². The number of pyridine rings is 1. The van der Waals surface area contributed by atoms with Gasteiger partial charge in [0.05, 0.1) is 34.0 Å². The van der Waals surface area contributed by atoms with Crippen molar-refractivity contribution in [1.82, 2.24) is 15.2 Å². The van der Waals surface area contributed by atoms with Gasteiger partial charge in [0.2, 0.25) is 5.91 Å². The summed E-state index contributed by atoms with van der Waals surface area (Å²) >= 11 is 12.5. The minimum atomic E-state index is -0.118. The van der Waals surface area contributed by atoms with Gasteiger partial charge in [0.15, 0.2) is 5.78 Å². The van der Waals surface area contributed by atoms with Crippen LogP contribution in [-0.2, 0) is 17.8 Å². The molecule has 0 saturated heterocycles. The van der Waals surface area contributed by atoms with Gasteiger partial charge in [-0.2, -0.15) is 0 Å². The van der Waals surface area contributed by atoms with E-state index in [-0.39, 0.29) is 30.3 Å². The van der Waals surface area contributed by atoms with Gasteiger partial charge in [-0.1, -0.05) is 84.7 Å². The number of amides is 1. The van der Waals surface area contributed by atoms with Crippen LogP contribution < -0.4 is 10.6 Å². The third-order valence-corrected chi connectivity index (χ3v) is 8.24. The molecular formula is C32H32Cl2N4O2. The lowest BCUT2D eigenvalue weighted by Gasteiger charge is -2.38. The number of ketones is 1. The van der Waals surface area contributed by atoms with Crippen LogP contribution in [-0.4, -0.2) is 40.8 Å². The van der Waals surface area contributed by atoms with E-state index in [0.717, 1.165) is 52.8 Å². The monoisotopic (exact) mass is 574 g/mol. The Balaban J connectivity index is 1.44. The summed E-state index contributed by atoms with van der Waals surface area (Å²) in [4.78, 5) is 32.5. The zero-order valence-corrected chi connectivity index (χ0v) is 24.1. The van der Waals surface area contributed by atoms with E-state index in [0.29, 0.717) is 22.2 Å². The van der Waals surface area contributed by atoms with Crippen molar-refractivity contribution in [3.63, 3.8) is 0 Å². The number of benzene rings is 3. The number of para-hydroxylation sites is 1. The van der Waals surface area contributed by atoms with Crippen LogP contribution in [0.2, 0.25) is 10.0 Å². The smallest absolute Gasteiger partial charge is 0.221 e. The molecule has 2 heterocycles. The molecular weight excluding hydrogens is 543 g/mol. The number of hydrogen-bond donors (Lipinski definition) is 2. The number of fused-ring (bicyclic) bond motifs is 2. The zero-order chi connectivity index (χ0) is 28.2. The Kier molecular flexibility index (Phi) is 8.81. The number of carbonyl (C=O) groups excluding carboxylic acids is 2. The van der Waals surface area contributed by atoms with Gasteiger partial charge in [-0.25, -0.2) is 0 Å². The number of aromatic nitrogens is 1. The highest BCUT2D eigenvalue weighted by Crippen LogP contribution is 2.34. The first-order chi connectivity index (χ1) is 19.3. The van der Waals surface area contributed by atoms with Crippen LogP contribution in [0.5, 0.6) is 0 Å². The fourth-order valence-corrected chi connectivity index (χ4v) is 5.69. The maximum Gasteiger partial charge on any atom is 0.221 e. The molecule has 2 unspecified atom stereocenters. The number of hydrogen-bond acceptors (Lipinski definition) is 5. The summed E-state index contributed by atoms with van der Waals surface area (Å²) in [5, 5.41) is 8.61. The van der Waals surface area contributed by atoms with Crippen molar-refractivity contribution in [1.29, 1.82) is 0 Å². The molecule has 206 valence electrons. The summed E-state index contributed by atoms with van der Waals surface area (Å²) in [6, 6.07) is 23.0. The van der Waals surface area contributed by atoms with E-state index in [4.69, 9.17) is 28.2 Å². The van der Waals surface area contributed by atoms with E-state index in [2.05, 4.69) is 22.5 Å². The average molecular weight is 576 g/mol. The highest BCUT2D eigenvalue weighted by Gasteiger charge is 2.29. The first-order valence-corrected chi connectivity index (χ1v) is 14.2. The Morgan fingerprint density at radius 1 is 1.00 bits per heavy atom. The average Bonchev–Trinajstić information content (AvgIpc) is 2.96. The van der Waals surface area contributed by atoms with E-state index in [1.54, 1.807) is 0 Å². The SMILES string of the molecule is CC(=O)Nc1c2c(nc3ccccc13)CCN(C(CC(C)c1ccc(Cl)c(Cl)c1)NCC(=O)c1ccccc1)C2. The summed E-state index contributed by atoms with van der Waals surface area (Å²) in [6.45, 7) is 5.25. The molecule has 5 rings (SSSR count). The molecule has 1 amide bonds. The lowest BCUT2D eigenvalue weighted by atomic mass is 9.94. The van der Waals surface area contributed by atoms with Crippen LogP contribution in [0.1, 0.15) is 53.4 Å². The van der Waals surface area contributed by atoms with E-state index in [1.165, 1.54) is 6.92 Å². The van der Waals surface area contributed by atoms with Gasteiger partial charge in [-0.15, -0.1) is 0 Å². The number of anilines is 1. The van der Waals surface area contributed by atoms with Gasteiger partial charge in [-0.3, -0.25) is 24.8 Å². The quantitative estimate of drug-likeness (QED) is 0.214. The molecule has 3 aromatic carbocycles. The standard InChI is InChI=1S/C32H32Cl2N4O2/c1-20(23-12-13-26(33)27(34)17-23)16-31(35-18-30(40)22-8-4-3-5-9-22)38-15-14-29-25(19-38)32(36-21(2)39)24-10-6-7-11-28(24)37-29/h3-13,17,20,31,35H,14-16,18-19H2,1-2H3,(H,36,37,39). The fourth-order valence-electron chi connectivity index (χ4n) is 5.38. The first kappa shape index (κ1) is 28.2. The molecule has 0 aliphatic carbocycles. The Morgan fingerprint density at radius 2 is 1.75 bits per heavy atom. The largest absolute Gasteiger partial charge is 0.325 e. The summed E-state index contributed by atoms with van der Waals surface area (Å²) in [6.07, 6.45) is 1.37.